The number of benzene rings is 2. The monoisotopic (exact) mass is 480 g/mol. The van der Waals surface area contributed by atoms with E-state index >= 15 is 0 Å². The topological polar surface area (TPSA) is 105 Å². The summed E-state index contributed by atoms with van der Waals surface area (Å²) in [4.78, 5) is 38.0. The summed E-state index contributed by atoms with van der Waals surface area (Å²) >= 11 is 0. The summed E-state index contributed by atoms with van der Waals surface area (Å²) in [5, 5.41) is 11.8. The van der Waals surface area contributed by atoms with Gasteiger partial charge >= 0.3 is 12.1 Å². The molecule has 2 unspecified atom stereocenters. The van der Waals surface area contributed by atoms with Crippen molar-refractivity contribution in [1.82, 2.24) is 10.2 Å². The number of carbonyl (C=O) groups is 3. The van der Waals surface area contributed by atoms with Gasteiger partial charge in [-0.05, 0) is 41.0 Å². The summed E-state index contributed by atoms with van der Waals surface area (Å²) in [6.07, 6.45) is 0.709. The summed E-state index contributed by atoms with van der Waals surface area (Å²) in [5.41, 5.74) is 4.63. The van der Waals surface area contributed by atoms with Crippen LogP contribution in [0.2, 0.25) is 0 Å². The minimum absolute atomic E-state index is 0.0145. The third-order valence-electron chi connectivity index (χ3n) is 6.87. The van der Waals surface area contributed by atoms with Crippen LogP contribution in [0.4, 0.5) is 4.79 Å². The third kappa shape index (κ3) is 5.82. The molecule has 8 heteroatoms. The van der Waals surface area contributed by atoms with Gasteiger partial charge in [-0.25, -0.2) is 4.79 Å². The van der Waals surface area contributed by atoms with E-state index in [9.17, 15) is 14.4 Å². The van der Waals surface area contributed by atoms with Crippen molar-refractivity contribution in [3.05, 3.63) is 59.7 Å². The lowest BCUT2D eigenvalue weighted by atomic mass is 9.94. The van der Waals surface area contributed by atoms with Gasteiger partial charge in [0.1, 0.15) is 12.7 Å². The normalized spacial score (nSPS) is 17.9. The Labute approximate surface area is 205 Å². The molecule has 1 aliphatic heterocycles. The molecule has 1 saturated heterocycles. The van der Waals surface area contributed by atoms with Crippen LogP contribution in [-0.2, 0) is 19.1 Å². The molecule has 186 valence electrons. The maximum atomic E-state index is 12.9. The number of carboxylic acid groups (broad SMARTS) is 1. The van der Waals surface area contributed by atoms with Crippen molar-refractivity contribution >= 4 is 18.0 Å². The number of amides is 2. The van der Waals surface area contributed by atoms with Crippen molar-refractivity contribution < 1.29 is 29.0 Å². The molecule has 0 bridgehead atoms. The molecule has 1 fully saturated rings. The fourth-order valence-corrected chi connectivity index (χ4v) is 5.18. The molecule has 2 aliphatic rings. The Balaban J connectivity index is 1.25. The number of likely N-dealkylation sites (tertiary alicyclic amines) is 1. The van der Waals surface area contributed by atoms with Crippen molar-refractivity contribution in [1.29, 1.82) is 0 Å². The Morgan fingerprint density at radius 3 is 2.37 bits per heavy atom. The number of carboxylic acids is 1. The molecule has 0 radical (unpaired) electrons. The van der Waals surface area contributed by atoms with E-state index in [1.54, 1.807) is 4.90 Å². The standard InChI is InChI=1S/C27H32N2O6/c1-34-24(26(32)29-14-6-7-18(16-29)15-25(30)31)12-13-28-27(33)35-17-23-21-10-4-2-8-19(21)20-9-3-5-11-22(20)23/h2-5,8-11,18,23-24H,6-7,12-17H2,1H3,(H,28,33)(H,30,31). The van der Waals surface area contributed by atoms with Crippen LogP contribution in [-0.4, -0.2) is 67.4 Å². The number of piperidine rings is 1. The van der Waals surface area contributed by atoms with Gasteiger partial charge in [-0.2, -0.15) is 0 Å². The average Bonchev–Trinajstić information content (AvgIpc) is 3.18. The highest BCUT2D eigenvalue weighted by Crippen LogP contribution is 2.44. The second kappa shape index (κ2) is 11.4. The molecule has 0 spiro atoms. The number of carbonyl (C=O) groups excluding carboxylic acids is 2. The van der Waals surface area contributed by atoms with Crippen LogP contribution in [0.5, 0.6) is 0 Å². The number of nitrogens with zero attached hydrogens (tertiary/aromatic N) is 1. The first-order valence-electron chi connectivity index (χ1n) is 12.1. The first-order valence-corrected chi connectivity index (χ1v) is 12.1. The lowest BCUT2D eigenvalue weighted by Gasteiger charge is -2.34. The highest BCUT2D eigenvalue weighted by molar-refractivity contribution is 5.81. The van der Waals surface area contributed by atoms with E-state index in [1.807, 2.05) is 24.3 Å². The van der Waals surface area contributed by atoms with Crippen molar-refractivity contribution in [2.24, 2.45) is 5.92 Å². The second-order valence-corrected chi connectivity index (χ2v) is 9.16. The molecule has 1 heterocycles. The van der Waals surface area contributed by atoms with E-state index in [0.717, 1.165) is 24.0 Å². The van der Waals surface area contributed by atoms with Gasteiger partial charge in [-0.1, -0.05) is 48.5 Å². The van der Waals surface area contributed by atoms with E-state index in [4.69, 9.17) is 14.6 Å². The summed E-state index contributed by atoms with van der Waals surface area (Å²) in [6.45, 7) is 1.47. The van der Waals surface area contributed by atoms with Crippen molar-refractivity contribution in [3.63, 3.8) is 0 Å². The molecule has 1 aliphatic carbocycles. The molecule has 0 aromatic heterocycles. The van der Waals surface area contributed by atoms with Gasteiger partial charge in [-0.15, -0.1) is 0 Å². The minimum Gasteiger partial charge on any atom is -0.481 e. The molecule has 2 atom stereocenters. The van der Waals surface area contributed by atoms with Crippen molar-refractivity contribution in [3.8, 4) is 11.1 Å². The number of hydrogen-bond donors (Lipinski definition) is 2. The second-order valence-electron chi connectivity index (χ2n) is 9.16. The van der Waals surface area contributed by atoms with Crippen LogP contribution < -0.4 is 5.32 Å². The number of methoxy groups -OCH3 is 1. The number of alkyl carbamates (subject to hydrolysis) is 1. The van der Waals surface area contributed by atoms with Crippen LogP contribution >= 0.6 is 0 Å². The Morgan fingerprint density at radius 1 is 1.09 bits per heavy atom. The fraction of sp³-hybridized carbons (Fsp3) is 0.444. The molecule has 2 N–H and O–H groups in total. The quantitative estimate of drug-likeness (QED) is 0.568. The van der Waals surface area contributed by atoms with Crippen LogP contribution in [0.25, 0.3) is 11.1 Å². The number of nitrogens with one attached hydrogen (secondary N) is 1. The van der Waals surface area contributed by atoms with E-state index in [1.165, 1.54) is 18.2 Å². The summed E-state index contributed by atoms with van der Waals surface area (Å²) in [7, 11) is 1.47. The number of rotatable bonds is 9. The van der Waals surface area contributed by atoms with Gasteiger partial charge in [-0.3, -0.25) is 9.59 Å². The zero-order chi connectivity index (χ0) is 24.8. The maximum absolute atomic E-state index is 12.9. The Hall–Kier alpha value is -3.39. The summed E-state index contributed by atoms with van der Waals surface area (Å²) in [6, 6.07) is 16.3. The molecule has 2 amide bonds. The molecule has 2 aromatic carbocycles. The SMILES string of the molecule is COC(CCNC(=O)OCC1c2ccccc2-c2ccccc21)C(=O)N1CCCC(CC(=O)O)C1. The smallest absolute Gasteiger partial charge is 0.407 e. The van der Waals surface area contributed by atoms with Crippen LogP contribution in [0.1, 0.15) is 42.7 Å². The third-order valence-corrected chi connectivity index (χ3v) is 6.87. The number of aliphatic carboxylic acids is 1. The summed E-state index contributed by atoms with van der Waals surface area (Å²) in [5.74, 6) is -1.07. The minimum atomic E-state index is -0.847. The van der Waals surface area contributed by atoms with Crippen LogP contribution in [0.3, 0.4) is 0 Å². The van der Waals surface area contributed by atoms with Crippen molar-refractivity contribution in [2.75, 3.05) is 33.4 Å². The Kier molecular flexibility index (Phi) is 8.02. The van der Waals surface area contributed by atoms with Gasteiger partial charge in [0.15, 0.2) is 0 Å². The molecule has 8 nitrogen and oxygen atoms in total. The van der Waals surface area contributed by atoms with Crippen LogP contribution in [0.15, 0.2) is 48.5 Å². The Morgan fingerprint density at radius 2 is 1.74 bits per heavy atom. The van der Waals surface area contributed by atoms with E-state index in [0.29, 0.717) is 19.5 Å². The lowest BCUT2D eigenvalue weighted by molar-refractivity contribution is -0.146. The van der Waals surface area contributed by atoms with Gasteiger partial charge in [0.05, 0.1) is 0 Å². The summed E-state index contributed by atoms with van der Waals surface area (Å²) < 4.78 is 10.9. The molecule has 4 rings (SSSR count). The Bertz CT molecular complexity index is 1030. The van der Waals surface area contributed by atoms with E-state index in [2.05, 4.69) is 29.6 Å². The highest BCUT2D eigenvalue weighted by Gasteiger charge is 2.31. The van der Waals surface area contributed by atoms with Gasteiger partial charge in [0.25, 0.3) is 5.91 Å². The van der Waals surface area contributed by atoms with E-state index < -0.39 is 18.2 Å². The zero-order valence-electron chi connectivity index (χ0n) is 19.9. The molecular formula is C27H32N2O6. The molecular weight excluding hydrogens is 448 g/mol. The molecule has 35 heavy (non-hydrogen) atoms. The predicted octanol–water partition coefficient (Wildman–Crippen LogP) is 3.64. The van der Waals surface area contributed by atoms with Crippen molar-refractivity contribution in [2.45, 2.75) is 37.7 Å². The highest BCUT2D eigenvalue weighted by atomic mass is 16.5. The van der Waals surface area contributed by atoms with E-state index in [-0.39, 0.29) is 37.3 Å². The first-order chi connectivity index (χ1) is 17.0. The number of fused-ring (bicyclic) bond motifs is 3. The van der Waals surface area contributed by atoms with Gasteiger partial charge in [0.2, 0.25) is 0 Å². The zero-order valence-corrected chi connectivity index (χ0v) is 19.9. The number of ether oxygens (including phenoxy) is 2. The lowest BCUT2D eigenvalue weighted by Crippen LogP contribution is -2.46. The molecule has 2 aromatic rings. The van der Waals surface area contributed by atoms with Crippen LogP contribution in [0, 0.1) is 5.92 Å². The fourth-order valence-electron chi connectivity index (χ4n) is 5.18. The maximum Gasteiger partial charge on any atom is 0.407 e. The average molecular weight is 481 g/mol. The largest absolute Gasteiger partial charge is 0.481 e. The predicted molar refractivity (Wildman–Crippen MR) is 130 cm³/mol. The molecule has 0 saturated carbocycles. The first kappa shape index (κ1) is 24.7. The number of hydrogen-bond acceptors (Lipinski definition) is 5. The van der Waals surface area contributed by atoms with Gasteiger partial charge in [0, 0.05) is 45.5 Å². The van der Waals surface area contributed by atoms with Gasteiger partial charge < -0.3 is 24.8 Å².